The van der Waals surface area contributed by atoms with E-state index in [0.717, 1.165) is 0 Å². The van der Waals surface area contributed by atoms with Crippen LogP contribution in [0, 0.1) is 17.2 Å². The maximum Gasteiger partial charge on any atom is 0.256 e. The van der Waals surface area contributed by atoms with Crippen molar-refractivity contribution < 1.29 is 4.79 Å². The summed E-state index contributed by atoms with van der Waals surface area (Å²) in [4.78, 5) is 23.0. The number of hydrogen-bond donors (Lipinski definition) is 0. The van der Waals surface area contributed by atoms with Crippen molar-refractivity contribution in [1.82, 2.24) is 14.9 Å². The zero-order valence-corrected chi connectivity index (χ0v) is 12.3. The molecule has 0 fully saturated rings. The van der Waals surface area contributed by atoms with Gasteiger partial charge in [0.1, 0.15) is 5.52 Å². The summed E-state index contributed by atoms with van der Waals surface area (Å²) in [7, 11) is 0. The number of aromatic nitrogens is 2. The molecule has 0 saturated heterocycles. The lowest BCUT2D eigenvalue weighted by molar-refractivity contribution is 0.0741. The number of amides is 1. The number of carbonyl (C=O) groups is 1. The number of hydrogen-bond acceptors (Lipinski definition) is 4. The van der Waals surface area contributed by atoms with E-state index in [1.165, 1.54) is 0 Å². The minimum Gasteiger partial charge on any atom is -0.337 e. The Labute approximate surface area is 124 Å². The first-order valence-electron chi connectivity index (χ1n) is 6.99. The summed E-state index contributed by atoms with van der Waals surface area (Å²) in [6.07, 6.45) is 3.52. The van der Waals surface area contributed by atoms with Gasteiger partial charge in [0.05, 0.1) is 23.6 Å². The Bertz CT molecular complexity index is 670. The molecule has 21 heavy (non-hydrogen) atoms. The molecular formula is C16H18N4O. The first-order chi connectivity index (χ1) is 10.1. The van der Waals surface area contributed by atoms with Crippen molar-refractivity contribution in [1.29, 1.82) is 5.26 Å². The van der Waals surface area contributed by atoms with E-state index in [9.17, 15) is 4.79 Å². The highest BCUT2D eigenvalue weighted by atomic mass is 16.2. The van der Waals surface area contributed by atoms with E-state index in [4.69, 9.17) is 5.26 Å². The first-order valence-corrected chi connectivity index (χ1v) is 6.99. The summed E-state index contributed by atoms with van der Waals surface area (Å²) in [5.74, 6) is 0.249. The van der Waals surface area contributed by atoms with Gasteiger partial charge in [0.2, 0.25) is 0 Å². The molecule has 2 rings (SSSR count). The molecule has 2 aromatic rings. The summed E-state index contributed by atoms with van der Waals surface area (Å²) >= 11 is 0. The minimum absolute atomic E-state index is 0.0925. The molecular weight excluding hydrogens is 264 g/mol. The van der Waals surface area contributed by atoms with Crippen LogP contribution in [-0.2, 0) is 0 Å². The highest BCUT2D eigenvalue weighted by Crippen LogP contribution is 2.17. The zero-order valence-electron chi connectivity index (χ0n) is 12.3. The fraction of sp³-hybridized carbons (Fsp3) is 0.375. The van der Waals surface area contributed by atoms with Crippen LogP contribution in [0.3, 0.4) is 0 Å². The van der Waals surface area contributed by atoms with Gasteiger partial charge in [-0.05, 0) is 18.1 Å². The zero-order chi connectivity index (χ0) is 15.2. The van der Waals surface area contributed by atoms with Gasteiger partial charge in [-0.15, -0.1) is 0 Å². The summed E-state index contributed by atoms with van der Waals surface area (Å²) < 4.78 is 0. The second-order valence-electron chi connectivity index (χ2n) is 5.28. The molecule has 108 valence electrons. The Kier molecular flexibility index (Phi) is 4.83. The molecule has 0 saturated carbocycles. The quantitative estimate of drug-likeness (QED) is 0.845. The third kappa shape index (κ3) is 3.54. The van der Waals surface area contributed by atoms with E-state index >= 15 is 0 Å². The van der Waals surface area contributed by atoms with Crippen LogP contribution in [0.5, 0.6) is 0 Å². The van der Waals surface area contributed by atoms with Crippen molar-refractivity contribution in [2.24, 2.45) is 5.92 Å². The molecule has 0 bridgehead atoms. The third-order valence-electron chi connectivity index (χ3n) is 3.10. The number of fused-ring (bicyclic) bond motifs is 1. The van der Waals surface area contributed by atoms with Crippen LogP contribution in [0.25, 0.3) is 11.0 Å². The molecule has 0 atom stereocenters. The van der Waals surface area contributed by atoms with Gasteiger partial charge in [0.15, 0.2) is 0 Å². The largest absolute Gasteiger partial charge is 0.337 e. The van der Waals surface area contributed by atoms with E-state index < -0.39 is 0 Å². The van der Waals surface area contributed by atoms with Crippen molar-refractivity contribution in [3.05, 3.63) is 36.2 Å². The van der Waals surface area contributed by atoms with Crippen LogP contribution in [0.4, 0.5) is 0 Å². The molecule has 0 aliphatic heterocycles. The Morgan fingerprint density at radius 3 is 2.81 bits per heavy atom. The van der Waals surface area contributed by atoms with Crippen LogP contribution in [0.1, 0.15) is 30.6 Å². The van der Waals surface area contributed by atoms with Gasteiger partial charge in [-0.2, -0.15) is 5.26 Å². The number of rotatable bonds is 5. The minimum atomic E-state index is -0.0925. The average molecular weight is 282 g/mol. The van der Waals surface area contributed by atoms with Crippen LogP contribution < -0.4 is 0 Å². The monoisotopic (exact) mass is 282 g/mol. The van der Waals surface area contributed by atoms with Crippen molar-refractivity contribution in [3.63, 3.8) is 0 Å². The predicted molar refractivity (Wildman–Crippen MR) is 80.5 cm³/mol. The fourth-order valence-corrected chi connectivity index (χ4v) is 2.24. The first kappa shape index (κ1) is 14.9. The molecule has 0 aliphatic rings. The number of benzene rings is 1. The number of carbonyl (C=O) groups excluding carboxylic acids is 1. The van der Waals surface area contributed by atoms with E-state index in [1.807, 2.05) is 12.1 Å². The van der Waals surface area contributed by atoms with E-state index in [-0.39, 0.29) is 5.91 Å². The lowest BCUT2D eigenvalue weighted by atomic mass is 10.1. The van der Waals surface area contributed by atoms with Gasteiger partial charge >= 0.3 is 0 Å². The highest BCUT2D eigenvalue weighted by Gasteiger charge is 2.19. The van der Waals surface area contributed by atoms with Crippen LogP contribution in [0.15, 0.2) is 30.6 Å². The Hall–Kier alpha value is -2.48. The molecule has 0 aliphatic carbocycles. The molecule has 1 heterocycles. The van der Waals surface area contributed by atoms with Crippen LogP contribution in [0.2, 0.25) is 0 Å². The lowest BCUT2D eigenvalue weighted by Crippen LogP contribution is -2.35. The molecule has 0 spiro atoms. The van der Waals surface area contributed by atoms with Gasteiger partial charge in [-0.3, -0.25) is 14.8 Å². The molecule has 0 unspecified atom stereocenters. The van der Waals surface area contributed by atoms with Gasteiger partial charge < -0.3 is 4.90 Å². The summed E-state index contributed by atoms with van der Waals surface area (Å²) in [5, 5.41) is 8.76. The lowest BCUT2D eigenvalue weighted by Gasteiger charge is -2.24. The van der Waals surface area contributed by atoms with Crippen molar-refractivity contribution in [2.75, 3.05) is 13.1 Å². The molecule has 0 radical (unpaired) electrons. The van der Waals surface area contributed by atoms with Crippen molar-refractivity contribution in [3.8, 4) is 6.07 Å². The molecule has 5 nitrogen and oxygen atoms in total. The Balaban J connectivity index is 2.36. The standard InChI is InChI=1S/C16H18N4O/c1-12(2)11-20(10-4-7-17)16(21)13-5-3-6-14-15(13)19-9-8-18-14/h3,5-6,8-9,12H,4,10-11H2,1-2H3. The fourth-order valence-electron chi connectivity index (χ4n) is 2.24. The second-order valence-corrected chi connectivity index (χ2v) is 5.28. The van der Waals surface area contributed by atoms with Gasteiger partial charge in [0, 0.05) is 25.5 Å². The van der Waals surface area contributed by atoms with Crippen molar-refractivity contribution >= 4 is 16.9 Å². The van der Waals surface area contributed by atoms with Gasteiger partial charge in [0.25, 0.3) is 5.91 Å². The number of nitriles is 1. The molecule has 0 N–H and O–H groups in total. The van der Waals surface area contributed by atoms with Crippen LogP contribution >= 0.6 is 0 Å². The summed E-state index contributed by atoms with van der Waals surface area (Å²) in [5.41, 5.74) is 1.85. The van der Waals surface area contributed by atoms with E-state index in [1.54, 1.807) is 23.4 Å². The summed E-state index contributed by atoms with van der Waals surface area (Å²) in [6.45, 7) is 5.16. The number of nitrogens with zero attached hydrogens (tertiary/aromatic N) is 4. The van der Waals surface area contributed by atoms with Gasteiger partial charge in [-0.25, -0.2) is 0 Å². The Morgan fingerprint density at radius 2 is 2.10 bits per heavy atom. The average Bonchev–Trinajstić information content (AvgIpc) is 2.50. The highest BCUT2D eigenvalue weighted by molar-refractivity contribution is 6.04. The third-order valence-corrected chi connectivity index (χ3v) is 3.10. The Morgan fingerprint density at radius 1 is 1.33 bits per heavy atom. The van der Waals surface area contributed by atoms with Crippen LogP contribution in [-0.4, -0.2) is 33.9 Å². The summed E-state index contributed by atoms with van der Waals surface area (Å²) in [6, 6.07) is 7.50. The smallest absolute Gasteiger partial charge is 0.256 e. The van der Waals surface area contributed by atoms with E-state index in [0.29, 0.717) is 42.0 Å². The maximum atomic E-state index is 12.7. The molecule has 1 amide bonds. The van der Waals surface area contributed by atoms with E-state index in [2.05, 4.69) is 29.9 Å². The maximum absolute atomic E-state index is 12.7. The SMILES string of the molecule is CC(C)CN(CCC#N)C(=O)c1cccc2nccnc12. The topological polar surface area (TPSA) is 69.9 Å². The predicted octanol–water partition coefficient (Wildman–Crippen LogP) is 2.64. The number of para-hydroxylation sites is 1. The second kappa shape index (κ2) is 6.80. The molecule has 1 aromatic carbocycles. The van der Waals surface area contributed by atoms with Crippen molar-refractivity contribution in [2.45, 2.75) is 20.3 Å². The van der Waals surface area contributed by atoms with Gasteiger partial charge in [-0.1, -0.05) is 19.9 Å². The normalized spacial score (nSPS) is 10.6. The molecule has 5 heteroatoms. The molecule has 1 aromatic heterocycles.